The van der Waals surface area contributed by atoms with Gasteiger partial charge in [-0.25, -0.2) is 0 Å². The third kappa shape index (κ3) is 3.32. The molecule has 4 nitrogen and oxygen atoms in total. The SMILES string of the molecule is Cc1cc(C)cc(-c2[nH]c3sc(C(C)(C)C(=O)N4C5CCC4CC5)cc3c2C(=O)CCl)c1. The van der Waals surface area contributed by atoms with Crippen LogP contribution in [0, 0.1) is 13.8 Å². The number of aromatic nitrogens is 1. The van der Waals surface area contributed by atoms with Crippen molar-refractivity contribution in [2.45, 2.75) is 70.9 Å². The van der Waals surface area contributed by atoms with Gasteiger partial charge in [0.05, 0.1) is 22.6 Å². The van der Waals surface area contributed by atoms with Gasteiger partial charge in [-0.15, -0.1) is 22.9 Å². The number of hydrogen-bond acceptors (Lipinski definition) is 3. The Kier molecular flexibility index (Phi) is 5.25. The zero-order valence-electron chi connectivity index (χ0n) is 19.0. The van der Waals surface area contributed by atoms with E-state index < -0.39 is 5.41 Å². The van der Waals surface area contributed by atoms with Crippen LogP contribution in [0.2, 0.25) is 0 Å². The second kappa shape index (κ2) is 7.74. The molecule has 6 heteroatoms. The second-order valence-electron chi connectivity index (χ2n) is 9.96. The maximum Gasteiger partial charge on any atom is 0.233 e. The Morgan fingerprint density at radius 3 is 2.22 bits per heavy atom. The van der Waals surface area contributed by atoms with Crippen molar-refractivity contribution >= 4 is 44.8 Å². The highest BCUT2D eigenvalue weighted by Crippen LogP contribution is 2.44. The van der Waals surface area contributed by atoms with Crippen LogP contribution >= 0.6 is 22.9 Å². The Labute approximate surface area is 198 Å². The molecular formula is C26H29ClN2O2S. The van der Waals surface area contributed by atoms with Crippen LogP contribution in [0.3, 0.4) is 0 Å². The number of nitrogens with zero attached hydrogens (tertiary/aromatic N) is 1. The lowest BCUT2D eigenvalue weighted by Crippen LogP contribution is -2.45. The lowest BCUT2D eigenvalue weighted by Gasteiger charge is -2.31. The number of ketones is 1. The molecule has 4 heterocycles. The number of fused-ring (bicyclic) bond motifs is 3. The third-order valence-corrected chi connectivity index (χ3v) is 8.86. The standard InChI is InChI=1S/C26H29ClN2O2S/c1-14-9-15(2)11-16(10-14)23-22(20(30)13-27)19-12-21(32-24(19)28-23)26(3,4)25(31)29-17-5-6-18(29)8-7-17/h9-12,17-18,28H,5-8,13H2,1-4H3. The number of Topliss-reactive ketones (excluding diaryl/α,β-unsaturated/α-hetero) is 1. The lowest BCUT2D eigenvalue weighted by molar-refractivity contribution is -0.137. The summed E-state index contributed by atoms with van der Waals surface area (Å²) in [5, 5.41) is 0.870. The number of aryl methyl sites for hydroxylation is 2. The molecule has 1 aromatic carbocycles. The highest BCUT2D eigenvalue weighted by Gasteiger charge is 2.47. The normalized spacial score (nSPS) is 20.5. The fraction of sp³-hybridized carbons (Fsp3) is 0.462. The Hall–Kier alpha value is -2.11. The first-order chi connectivity index (χ1) is 15.2. The fourth-order valence-electron chi connectivity index (χ4n) is 5.65. The van der Waals surface area contributed by atoms with Crippen molar-refractivity contribution in [3.8, 4) is 11.3 Å². The summed E-state index contributed by atoms with van der Waals surface area (Å²) in [6.07, 6.45) is 4.52. The van der Waals surface area contributed by atoms with E-state index in [2.05, 4.69) is 41.9 Å². The van der Waals surface area contributed by atoms with E-state index in [0.29, 0.717) is 17.6 Å². The van der Waals surface area contributed by atoms with Gasteiger partial charge < -0.3 is 9.88 Å². The van der Waals surface area contributed by atoms with Crippen LogP contribution in [-0.2, 0) is 10.2 Å². The number of carbonyl (C=O) groups excluding carboxylic acids is 2. The van der Waals surface area contributed by atoms with E-state index in [1.54, 1.807) is 11.3 Å². The Bertz CT molecular complexity index is 1200. The fourth-order valence-corrected chi connectivity index (χ4v) is 6.95. The van der Waals surface area contributed by atoms with Gasteiger partial charge in [-0.05, 0) is 77.1 Å². The summed E-state index contributed by atoms with van der Waals surface area (Å²) in [6, 6.07) is 9.14. The molecule has 2 aliphatic heterocycles. The number of halogens is 1. The molecule has 3 aromatic rings. The molecule has 0 radical (unpaired) electrons. The Balaban J connectivity index is 1.59. The summed E-state index contributed by atoms with van der Waals surface area (Å²) in [5.41, 5.74) is 4.11. The van der Waals surface area contributed by atoms with Crippen LogP contribution in [0.4, 0.5) is 0 Å². The van der Waals surface area contributed by atoms with Gasteiger partial charge in [0.2, 0.25) is 5.91 Å². The van der Waals surface area contributed by atoms with Gasteiger partial charge in [0.25, 0.3) is 0 Å². The van der Waals surface area contributed by atoms with Crippen molar-refractivity contribution in [2.75, 3.05) is 5.88 Å². The maximum absolute atomic E-state index is 13.6. The first-order valence-electron chi connectivity index (χ1n) is 11.4. The largest absolute Gasteiger partial charge is 0.346 e. The molecule has 1 N–H and O–H groups in total. The van der Waals surface area contributed by atoms with Gasteiger partial charge in [0, 0.05) is 22.3 Å². The number of H-pyrrole nitrogens is 1. The Morgan fingerprint density at radius 2 is 1.66 bits per heavy atom. The molecule has 1 amide bonds. The molecule has 2 aliphatic rings. The van der Waals surface area contributed by atoms with Crippen molar-refractivity contribution in [1.29, 1.82) is 0 Å². The molecule has 2 saturated heterocycles. The van der Waals surface area contributed by atoms with Crippen molar-refractivity contribution in [2.24, 2.45) is 0 Å². The maximum atomic E-state index is 13.6. The van der Waals surface area contributed by atoms with Gasteiger partial charge in [-0.2, -0.15) is 0 Å². The van der Waals surface area contributed by atoms with E-state index in [-0.39, 0.29) is 17.6 Å². The molecular weight excluding hydrogens is 440 g/mol. The number of alkyl halides is 1. The van der Waals surface area contributed by atoms with Crippen LogP contribution in [-0.4, -0.2) is 39.5 Å². The number of carbonyl (C=O) groups is 2. The molecule has 0 saturated carbocycles. The summed E-state index contributed by atoms with van der Waals surface area (Å²) in [6.45, 7) is 8.16. The van der Waals surface area contributed by atoms with Gasteiger partial charge in [0.1, 0.15) is 4.83 Å². The topological polar surface area (TPSA) is 53.2 Å². The summed E-state index contributed by atoms with van der Waals surface area (Å²) in [7, 11) is 0. The van der Waals surface area contributed by atoms with Crippen LogP contribution in [0.1, 0.15) is 65.9 Å². The molecule has 0 unspecified atom stereocenters. The average molecular weight is 469 g/mol. The van der Waals surface area contributed by atoms with Crippen LogP contribution in [0.25, 0.3) is 21.5 Å². The number of benzene rings is 1. The number of amides is 1. The van der Waals surface area contributed by atoms with Crippen molar-refractivity contribution < 1.29 is 9.59 Å². The molecule has 168 valence electrons. The minimum Gasteiger partial charge on any atom is -0.346 e. The lowest BCUT2D eigenvalue weighted by atomic mass is 9.88. The van der Waals surface area contributed by atoms with Crippen molar-refractivity contribution in [3.63, 3.8) is 0 Å². The smallest absolute Gasteiger partial charge is 0.233 e. The summed E-state index contributed by atoms with van der Waals surface area (Å²) in [5.74, 6) is 0.0411. The van der Waals surface area contributed by atoms with E-state index in [1.165, 1.54) is 0 Å². The number of rotatable bonds is 5. The number of nitrogens with one attached hydrogen (secondary N) is 1. The van der Waals surface area contributed by atoms with Crippen LogP contribution < -0.4 is 0 Å². The van der Waals surface area contributed by atoms with E-state index in [1.807, 2.05) is 19.9 Å². The van der Waals surface area contributed by atoms with Gasteiger partial charge in [0.15, 0.2) is 5.78 Å². The molecule has 5 rings (SSSR count). The summed E-state index contributed by atoms with van der Waals surface area (Å²) in [4.78, 5) is 34.1. The number of thiophene rings is 1. The minimum absolute atomic E-state index is 0.0740. The minimum atomic E-state index is -0.628. The van der Waals surface area contributed by atoms with Crippen molar-refractivity contribution in [3.05, 3.63) is 45.8 Å². The predicted molar refractivity (Wildman–Crippen MR) is 132 cm³/mol. The molecule has 2 bridgehead atoms. The molecule has 2 fully saturated rings. The molecule has 2 aromatic heterocycles. The number of hydrogen-bond donors (Lipinski definition) is 1. The summed E-state index contributed by atoms with van der Waals surface area (Å²) < 4.78 is 0. The molecule has 0 atom stereocenters. The van der Waals surface area contributed by atoms with E-state index in [4.69, 9.17) is 11.6 Å². The molecule has 32 heavy (non-hydrogen) atoms. The Morgan fingerprint density at radius 1 is 1.06 bits per heavy atom. The van der Waals surface area contributed by atoms with E-state index >= 15 is 0 Å². The molecule has 0 spiro atoms. The quantitative estimate of drug-likeness (QED) is 0.349. The molecule has 0 aliphatic carbocycles. The number of aromatic amines is 1. The van der Waals surface area contributed by atoms with E-state index in [0.717, 1.165) is 63.2 Å². The predicted octanol–water partition coefficient (Wildman–Crippen LogP) is 6.37. The highest BCUT2D eigenvalue weighted by atomic mass is 35.5. The van der Waals surface area contributed by atoms with Crippen LogP contribution in [0.5, 0.6) is 0 Å². The highest BCUT2D eigenvalue weighted by molar-refractivity contribution is 7.19. The van der Waals surface area contributed by atoms with E-state index in [9.17, 15) is 9.59 Å². The first kappa shape index (κ1) is 21.7. The average Bonchev–Trinajstić information content (AvgIpc) is 3.50. The second-order valence-corrected chi connectivity index (χ2v) is 11.3. The summed E-state index contributed by atoms with van der Waals surface area (Å²) >= 11 is 7.60. The first-order valence-corrected chi connectivity index (χ1v) is 12.7. The van der Waals surface area contributed by atoms with Gasteiger partial charge >= 0.3 is 0 Å². The monoisotopic (exact) mass is 468 g/mol. The third-order valence-electron chi connectivity index (χ3n) is 7.24. The zero-order chi connectivity index (χ0) is 22.8. The van der Waals surface area contributed by atoms with Gasteiger partial charge in [-0.3, -0.25) is 9.59 Å². The van der Waals surface area contributed by atoms with Crippen LogP contribution in [0.15, 0.2) is 24.3 Å². The van der Waals surface area contributed by atoms with Crippen molar-refractivity contribution in [1.82, 2.24) is 9.88 Å². The zero-order valence-corrected chi connectivity index (χ0v) is 20.6. The van der Waals surface area contributed by atoms with Gasteiger partial charge in [-0.1, -0.05) is 17.2 Å².